The van der Waals surface area contributed by atoms with Crippen LogP contribution in [0.15, 0.2) is 18.2 Å². The highest BCUT2D eigenvalue weighted by atomic mass is 32.1. The lowest BCUT2D eigenvalue weighted by Gasteiger charge is -2.14. The number of hydrogen-bond donors (Lipinski definition) is 1. The zero-order valence-electron chi connectivity index (χ0n) is 12.7. The first kappa shape index (κ1) is 19.6. The van der Waals surface area contributed by atoms with E-state index in [2.05, 4.69) is 0 Å². The monoisotopic (exact) mass is 365 g/mol. The Kier molecular flexibility index (Phi) is 6.46. The van der Waals surface area contributed by atoms with Crippen LogP contribution in [0.3, 0.4) is 0 Å². The summed E-state index contributed by atoms with van der Waals surface area (Å²) in [5.41, 5.74) is -0.00820. The predicted octanol–water partition coefficient (Wildman–Crippen LogP) is 2.04. The molecule has 1 rings (SSSR count). The zero-order valence-corrected chi connectivity index (χ0v) is 13.5. The summed E-state index contributed by atoms with van der Waals surface area (Å²) in [6, 6.07) is 3.91. The summed E-state index contributed by atoms with van der Waals surface area (Å²) in [7, 11) is 3.21. The van der Waals surface area contributed by atoms with Gasteiger partial charge in [0, 0.05) is 26.7 Å². The summed E-state index contributed by atoms with van der Waals surface area (Å²) >= 11 is 4.90. The first-order valence-electron chi connectivity index (χ1n) is 6.54. The Morgan fingerprint density at radius 1 is 1.42 bits per heavy atom. The summed E-state index contributed by atoms with van der Waals surface area (Å²) < 4.78 is 41.4. The summed E-state index contributed by atoms with van der Waals surface area (Å²) in [6.45, 7) is -0.314. The predicted molar refractivity (Wildman–Crippen MR) is 82.8 cm³/mol. The highest BCUT2D eigenvalue weighted by Gasteiger charge is 2.38. The number of nitrogens with zero attached hydrogens (tertiary/aromatic N) is 2. The summed E-state index contributed by atoms with van der Waals surface area (Å²) in [4.78, 5) is 22.5. The first-order chi connectivity index (χ1) is 11.0. The van der Waals surface area contributed by atoms with Crippen molar-refractivity contribution in [3.8, 4) is 5.75 Å². The standard InChI is InChI=1S/C13H14F3N3O4S/c1-18(2)12(24)23-10-4-3-8(7-9(10)19(21)22)5-6-17-11(20)13(14,15)16/h3-4,7H,5-6H2,1-2H3,(H,17,20). The Morgan fingerprint density at radius 2 is 2.04 bits per heavy atom. The highest BCUT2D eigenvalue weighted by molar-refractivity contribution is 7.80. The fourth-order valence-corrected chi connectivity index (χ4v) is 1.64. The highest BCUT2D eigenvalue weighted by Crippen LogP contribution is 2.28. The smallest absolute Gasteiger partial charge is 0.424 e. The lowest BCUT2D eigenvalue weighted by molar-refractivity contribution is -0.385. The minimum absolute atomic E-state index is 0.0128. The van der Waals surface area contributed by atoms with Crippen molar-refractivity contribution in [2.75, 3.05) is 20.6 Å². The minimum Gasteiger partial charge on any atom is -0.424 e. The molecule has 0 spiro atoms. The Morgan fingerprint density at radius 3 is 2.54 bits per heavy atom. The van der Waals surface area contributed by atoms with Crippen molar-refractivity contribution in [3.63, 3.8) is 0 Å². The molecule has 24 heavy (non-hydrogen) atoms. The van der Waals surface area contributed by atoms with Crippen molar-refractivity contribution in [1.82, 2.24) is 10.2 Å². The molecule has 0 aromatic heterocycles. The normalized spacial score (nSPS) is 10.9. The molecule has 0 unspecified atom stereocenters. The van der Waals surface area contributed by atoms with Gasteiger partial charge in [-0.3, -0.25) is 14.9 Å². The molecular weight excluding hydrogens is 351 g/mol. The van der Waals surface area contributed by atoms with E-state index in [1.807, 2.05) is 0 Å². The van der Waals surface area contributed by atoms with E-state index >= 15 is 0 Å². The molecular formula is C13H14F3N3O4S. The summed E-state index contributed by atoms with van der Waals surface area (Å²) in [5, 5.41) is 12.8. The summed E-state index contributed by atoms with van der Waals surface area (Å²) in [5.74, 6) is -2.14. The average molecular weight is 365 g/mol. The lowest BCUT2D eigenvalue weighted by Crippen LogP contribution is -2.37. The van der Waals surface area contributed by atoms with Crippen molar-refractivity contribution < 1.29 is 27.6 Å². The van der Waals surface area contributed by atoms with Gasteiger partial charge in [-0.2, -0.15) is 13.2 Å². The van der Waals surface area contributed by atoms with E-state index in [0.717, 1.165) is 6.07 Å². The van der Waals surface area contributed by atoms with Crippen LogP contribution in [-0.4, -0.2) is 47.7 Å². The number of nitrogens with one attached hydrogen (secondary N) is 1. The van der Waals surface area contributed by atoms with E-state index in [4.69, 9.17) is 17.0 Å². The number of carbonyl (C=O) groups is 1. The van der Waals surface area contributed by atoms with Crippen LogP contribution in [0.2, 0.25) is 0 Å². The Hall–Kier alpha value is -2.43. The Labute approximate surface area is 140 Å². The number of rotatable bonds is 5. The maximum Gasteiger partial charge on any atom is 0.471 e. The van der Waals surface area contributed by atoms with Gasteiger partial charge in [-0.15, -0.1) is 0 Å². The fourth-order valence-electron chi connectivity index (χ4n) is 1.55. The Balaban J connectivity index is 2.81. The number of carbonyl (C=O) groups excluding carboxylic acids is 1. The van der Waals surface area contributed by atoms with Gasteiger partial charge in [-0.05, 0) is 30.3 Å². The second-order valence-electron chi connectivity index (χ2n) is 4.83. The van der Waals surface area contributed by atoms with Crippen LogP contribution in [0.4, 0.5) is 18.9 Å². The van der Waals surface area contributed by atoms with E-state index in [1.165, 1.54) is 17.0 Å². The molecule has 0 aliphatic heterocycles. The molecule has 0 fully saturated rings. The topological polar surface area (TPSA) is 84.7 Å². The van der Waals surface area contributed by atoms with Crippen LogP contribution >= 0.6 is 12.2 Å². The molecule has 0 atom stereocenters. The molecule has 0 aliphatic carbocycles. The molecule has 1 aromatic rings. The number of hydrogen-bond acceptors (Lipinski definition) is 5. The average Bonchev–Trinajstić information content (AvgIpc) is 2.47. The molecule has 0 heterocycles. The first-order valence-corrected chi connectivity index (χ1v) is 6.94. The molecule has 7 nitrogen and oxygen atoms in total. The van der Waals surface area contributed by atoms with Gasteiger partial charge in [0.1, 0.15) is 0 Å². The molecule has 0 bridgehead atoms. The van der Waals surface area contributed by atoms with E-state index in [9.17, 15) is 28.1 Å². The number of alkyl halides is 3. The Bertz CT molecular complexity index is 650. The third-order valence-electron chi connectivity index (χ3n) is 2.74. The number of ether oxygens (including phenoxy) is 1. The molecule has 1 aromatic carbocycles. The molecule has 11 heteroatoms. The lowest BCUT2D eigenvalue weighted by atomic mass is 10.1. The number of thiocarbonyl (C=S) groups is 1. The zero-order chi connectivity index (χ0) is 18.5. The van der Waals surface area contributed by atoms with Crippen molar-refractivity contribution in [3.05, 3.63) is 33.9 Å². The number of amides is 1. The van der Waals surface area contributed by atoms with Gasteiger partial charge in [-0.25, -0.2) is 0 Å². The molecule has 1 amide bonds. The van der Waals surface area contributed by atoms with Crippen molar-refractivity contribution in [2.24, 2.45) is 0 Å². The van der Waals surface area contributed by atoms with Crippen LogP contribution < -0.4 is 10.1 Å². The maximum absolute atomic E-state index is 12.1. The molecule has 1 N–H and O–H groups in total. The van der Waals surface area contributed by atoms with Gasteiger partial charge in [0.15, 0.2) is 0 Å². The largest absolute Gasteiger partial charge is 0.471 e. The van der Waals surface area contributed by atoms with Gasteiger partial charge < -0.3 is 15.0 Å². The van der Waals surface area contributed by atoms with Gasteiger partial charge in [0.05, 0.1) is 4.92 Å². The quantitative estimate of drug-likeness (QED) is 0.488. The molecule has 0 saturated heterocycles. The van der Waals surface area contributed by atoms with E-state index in [-0.39, 0.29) is 29.6 Å². The molecule has 0 aliphatic rings. The van der Waals surface area contributed by atoms with Crippen molar-refractivity contribution in [2.45, 2.75) is 12.6 Å². The number of benzene rings is 1. The van der Waals surface area contributed by atoms with Crippen LogP contribution in [0.1, 0.15) is 5.56 Å². The van der Waals surface area contributed by atoms with Crippen LogP contribution in [0, 0.1) is 10.1 Å². The van der Waals surface area contributed by atoms with Crippen LogP contribution in [0.5, 0.6) is 5.75 Å². The van der Waals surface area contributed by atoms with Gasteiger partial charge in [-0.1, -0.05) is 6.07 Å². The molecule has 132 valence electrons. The SMILES string of the molecule is CN(C)C(=S)Oc1ccc(CCNC(=O)C(F)(F)F)cc1[N+](=O)[O-]. The third kappa shape index (κ3) is 5.65. The number of nitro benzene ring substituents is 1. The maximum atomic E-state index is 12.1. The number of halogens is 3. The van der Waals surface area contributed by atoms with Gasteiger partial charge in [0.25, 0.3) is 5.17 Å². The van der Waals surface area contributed by atoms with E-state index in [0.29, 0.717) is 5.56 Å². The summed E-state index contributed by atoms with van der Waals surface area (Å²) in [6.07, 6.45) is -4.98. The van der Waals surface area contributed by atoms with Crippen molar-refractivity contribution >= 4 is 29.0 Å². The minimum atomic E-state index is -4.97. The molecule has 0 saturated carbocycles. The second kappa shape index (κ2) is 7.90. The van der Waals surface area contributed by atoms with Crippen molar-refractivity contribution in [1.29, 1.82) is 0 Å². The third-order valence-corrected chi connectivity index (χ3v) is 3.19. The van der Waals surface area contributed by atoms with Crippen LogP contribution in [0.25, 0.3) is 0 Å². The van der Waals surface area contributed by atoms with E-state index in [1.54, 1.807) is 19.4 Å². The fraction of sp³-hybridized carbons (Fsp3) is 0.385. The van der Waals surface area contributed by atoms with Gasteiger partial charge in [0.2, 0.25) is 5.75 Å². The van der Waals surface area contributed by atoms with Crippen LogP contribution in [-0.2, 0) is 11.2 Å². The molecule has 0 radical (unpaired) electrons. The second-order valence-corrected chi connectivity index (χ2v) is 5.17. The number of nitro groups is 1. The van der Waals surface area contributed by atoms with Gasteiger partial charge >= 0.3 is 17.8 Å². The van der Waals surface area contributed by atoms with E-state index < -0.39 is 17.0 Å².